The fourth-order valence-electron chi connectivity index (χ4n) is 2.27. The monoisotopic (exact) mass is 340 g/mol. The molecule has 0 bridgehead atoms. The van der Waals surface area contributed by atoms with Crippen LogP contribution < -0.4 is 0 Å². The molecule has 108 valence electrons. The topological polar surface area (TPSA) is 38.0 Å². The average molecular weight is 341 g/mol. The first-order valence-electron chi connectivity index (χ1n) is 6.64. The van der Waals surface area contributed by atoms with E-state index in [0.29, 0.717) is 12.8 Å². The Hall–Kier alpha value is -1.20. The summed E-state index contributed by atoms with van der Waals surface area (Å²) in [5.74, 6) is -0.273. The molecule has 0 aliphatic carbocycles. The Labute approximate surface area is 126 Å². The van der Waals surface area contributed by atoms with Crippen LogP contribution in [0.15, 0.2) is 28.7 Å². The van der Waals surface area contributed by atoms with Crippen molar-refractivity contribution in [3.8, 4) is 0 Å². The van der Waals surface area contributed by atoms with Crippen LogP contribution in [0.3, 0.4) is 0 Å². The summed E-state index contributed by atoms with van der Waals surface area (Å²) in [6, 6.07) is 6.34. The van der Waals surface area contributed by atoms with Crippen molar-refractivity contribution < 1.29 is 9.50 Å². The molecule has 1 N–H and O–H groups in total. The van der Waals surface area contributed by atoms with E-state index in [9.17, 15) is 9.50 Å². The summed E-state index contributed by atoms with van der Waals surface area (Å²) in [6.07, 6.45) is 1.19. The highest BCUT2D eigenvalue weighted by molar-refractivity contribution is 9.10. The van der Waals surface area contributed by atoms with Gasteiger partial charge >= 0.3 is 0 Å². The largest absolute Gasteiger partial charge is 0.392 e. The number of aromatic nitrogens is 2. The third-order valence-corrected chi connectivity index (χ3v) is 4.21. The van der Waals surface area contributed by atoms with Gasteiger partial charge in [-0.15, -0.1) is 0 Å². The van der Waals surface area contributed by atoms with Gasteiger partial charge in [0.2, 0.25) is 0 Å². The zero-order valence-electron chi connectivity index (χ0n) is 11.6. The van der Waals surface area contributed by atoms with Crippen molar-refractivity contribution in [2.75, 3.05) is 0 Å². The van der Waals surface area contributed by atoms with Crippen molar-refractivity contribution in [3.63, 3.8) is 0 Å². The van der Waals surface area contributed by atoms with Crippen LogP contribution in [0.5, 0.6) is 0 Å². The number of aryl methyl sites for hydroxylation is 2. The molecule has 0 saturated heterocycles. The summed E-state index contributed by atoms with van der Waals surface area (Å²) in [7, 11) is 1.87. The van der Waals surface area contributed by atoms with Gasteiger partial charge in [-0.25, -0.2) is 4.39 Å². The lowest BCUT2D eigenvalue weighted by Gasteiger charge is -2.11. The molecule has 1 aromatic heterocycles. The van der Waals surface area contributed by atoms with Crippen LogP contribution in [-0.2, 0) is 26.3 Å². The second-order valence-electron chi connectivity index (χ2n) is 4.88. The smallest absolute Gasteiger partial charge is 0.123 e. The van der Waals surface area contributed by atoms with E-state index >= 15 is 0 Å². The quantitative estimate of drug-likeness (QED) is 0.908. The van der Waals surface area contributed by atoms with Crippen molar-refractivity contribution in [3.05, 3.63) is 51.5 Å². The lowest BCUT2D eigenvalue weighted by molar-refractivity contribution is 0.172. The molecule has 1 heterocycles. The van der Waals surface area contributed by atoms with Gasteiger partial charge < -0.3 is 5.11 Å². The molecule has 0 spiro atoms. The number of aliphatic hydroxyl groups excluding tert-OH is 1. The maximum atomic E-state index is 13.1. The lowest BCUT2D eigenvalue weighted by Crippen LogP contribution is -2.16. The molecule has 3 nitrogen and oxygen atoms in total. The third kappa shape index (κ3) is 3.46. The van der Waals surface area contributed by atoms with Gasteiger partial charge in [0.05, 0.1) is 22.0 Å². The molecule has 0 amide bonds. The first kappa shape index (κ1) is 15.2. The van der Waals surface area contributed by atoms with Gasteiger partial charge in [0.1, 0.15) is 5.82 Å². The molecule has 0 aliphatic rings. The number of rotatable bonds is 5. The summed E-state index contributed by atoms with van der Waals surface area (Å²) in [4.78, 5) is 0. The minimum Gasteiger partial charge on any atom is -0.392 e. The fourth-order valence-corrected chi connectivity index (χ4v) is 3.05. The first-order valence-corrected chi connectivity index (χ1v) is 7.43. The molecule has 1 unspecified atom stereocenters. The average Bonchev–Trinajstić information content (AvgIpc) is 2.66. The van der Waals surface area contributed by atoms with Crippen LogP contribution in [0.4, 0.5) is 4.39 Å². The number of hydrogen-bond acceptors (Lipinski definition) is 2. The van der Waals surface area contributed by atoms with Crippen molar-refractivity contribution in [1.82, 2.24) is 9.78 Å². The van der Waals surface area contributed by atoms with Crippen LogP contribution in [-0.4, -0.2) is 21.0 Å². The Balaban J connectivity index is 2.08. The highest BCUT2D eigenvalue weighted by Crippen LogP contribution is 2.23. The molecular weight excluding hydrogens is 323 g/mol. The predicted molar refractivity (Wildman–Crippen MR) is 80.1 cm³/mol. The van der Waals surface area contributed by atoms with Gasteiger partial charge in [0, 0.05) is 13.5 Å². The van der Waals surface area contributed by atoms with Crippen LogP contribution in [0.1, 0.15) is 23.9 Å². The Morgan fingerprint density at radius 1 is 1.40 bits per heavy atom. The Kier molecular flexibility index (Phi) is 4.94. The minimum atomic E-state index is -0.562. The van der Waals surface area contributed by atoms with E-state index in [1.54, 1.807) is 10.7 Å². The minimum absolute atomic E-state index is 0.273. The molecule has 20 heavy (non-hydrogen) atoms. The van der Waals surface area contributed by atoms with Crippen LogP contribution in [0.2, 0.25) is 0 Å². The zero-order valence-corrected chi connectivity index (χ0v) is 13.2. The maximum absolute atomic E-state index is 13.1. The molecule has 5 heteroatoms. The number of aliphatic hydroxyl groups is 1. The Morgan fingerprint density at radius 2 is 2.15 bits per heavy atom. The van der Waals surface area contributed by atoms with Crippen molar-refractivity contribution in [1.29, 1.82) is 0 Å². The second kappa shape index (κ2) is 6.50. The van der Waals surface area contributed by atoms with E-state index in [-0.39, 0.29) is 5.82 Å². The van der Waals surface area contributed by atoms with Gasteiger partial charge in [-0.2, -0.15) is 5.10 Å². The van der Waals surface area contributed by atoms with Gasteiger partial charge in [-0.3, -0.25) is 4.68 Å². The molecule has 1 atom stereocenters. The highest BCUT2D eigenvalue weighted by Gasteiger charge is 2.16. The zero-order chi connectivity index (χ0) is 14.7. The molecule has 0 fully saturated rings. The normalized spacial score (nSPS) is 12.7. The molecule has 0 saturated carbocycles. The van der Waals surface area contributed by atoms with Crippen molar-refractivity contribution in [2.45, 2.75) is 32.3 Å². The van der Waals surface area contributed by atoms with E-state index in [1.807, 2.05) is 20.0 Å². The SMILES string of the molecule is CCc1nn(C)c(CC(O)Cc2cccc(F)c2)c1Br. The summed E-state index contributed by atoms with van der Waals surface area (Å²) in [5, 5.41) is 14.6. The van der Waals surface area contributed by atoms with E-state index in [1.165, 1.54) is 12.1 Å². The second-order valence-corrected chi connectivity index (χ2v) is 5.67. The summed E-state index contributed by atoms with van der Waals surface area (Å²) < 4.78 is 15.9. The fraction of sp³-hybridized carbons (Fsp3) is 0.400. The number of hydrogen-bond donors (Lipinski definition) is 1. The van der Waals surface area contributed by atoms with E-state index in [2.05, 4.69) is 21.0 Å². The molecule has 2 rings (SSSR count). The molecule has 0 radical (unpaired) electrons. The Bertz CT molecular complexity index is 598. The summed E-state index contributed by atoms with van der Waals surface area (Å²) >= 11 is 3.53. The molecular formula is C15H18BrFN2O. The number of halogens is 2. The van der Waals surface area contributed by atoms with Crippen molar-refractivity contribution >= 4 is 15.9 Å². The van der Waals surface area contributed by atoms with E-state index < -0.39 is 6.10 Å². The van der Waals surface area contributed by atoms with Gasteiger partial charge in [-0.1, -0.05) is 19.1 Å². The van der Waals surface area contributed by atoms with Crippen LogP contribution in [0, 0.1) is 5.82 Å². The van der Waals surface area contributed by atoms with E-state index in [0.717, 1.165) is 27.8 Å². The number of benzene rings is 1. The molecule has 2 aromatic rings. The lowest BCUT2D eigenvalue weighted by atomic mass is 10.0. The standard InChI is InChI=1S/C15H18BrFN2O/c1-3-13-15(16)14(19(2)18-13)9-12(20)8-10-5-4-6-11(17)7-10/h4-7,12,20H,3,8-9H2,1-2H3. The van der Waals surface area contributed by atoms with E-state index in [4.69, 9.17) is 0 Å². The highest BCUT2D eigenvalue weighted by atomic mass is 79.9. The van der Waals surface area contributed by atoms with Gasteiger partial charge in [-0.05, 0) is 46.5 Å². The van der Waals surface area contributed by atoms with Gasteiger partial charge in [0.25, 0.3) is 0 Å². The third-order valence-electron chi connectivity index (χ3n) is 3.29. The Morgan fingerprint density at radius 3 is 2.75 bits per heavy atom. The molecule has 1 aromatic carbocycles. The summed E-state index contributed by atoms with van der Waals surface area (Å²) in [5.41, 5.74) is 2.75. The number of nitrogens with zero attached hydrogens (tertiary/aromatic N) is 2. The maximum Gasteiger partial charge on any atom is 0.123 e. The van der Waals surface area contributed by atoms with Crippen LogP contribution >= 0.6 is 15.9 Å². The molecule has 0 aliphatic heterocycles. The van der Waals surface area contributed by atoms with Gasteiger partial charge in [0.15, 0.2) is 0 Å². The van der Waals surface area contributed by atoms with Crippen molar-refractivity contribution in [2.24, 2.45) is 7.05 Å². The summed E-state index contributed by atoms with van der Waals surface area (Å²) in [6.45, 7) is 2.04. The first-order chi connectivity index (χ1) is 9.51. The van der Waals surface area contributed by atoms with Crippen LogP contribution in [0.25, 0.3) is 0 Å². The predicted octanol–water partition coefficient (Wildman–Crippen LogP) is 3.03.